The second-order valence-electron chi connectivity index (χ2n) is 4.55. The van der Waals surface area contributed by atoms with Crippen LogP contribution in [0.2, 0.25) is 0 Å². The number of aromatic hydroxyl groups is 2. The zero-order valence-corrected chi connectivity index (χ0v) is 10.2. The Hall–Kier alpha value is -2.24. The van der Waals surface area contributed by atoms with Crippen molar-refractivity contribution in [1.82, 2.24) is 4.90 Å². The molecule has 0 aromatic heterocycles. The van der Waals surface area contributed by atoms with E-state index in [1.165, 1.54) is 17.0 Å². The third-order valence-corrected chi connectivity index (χ3v) is 3.26. The molecule has 0 bridgehead atoms. The molecule has 2 rings (SSSR count). The van der Waals surface area contributed by atoms with Crippen LogP contribution in [0.3, 0.4) is 0 Å². The molecule has 1 heterocycles. The number of amides is 1. The van der Waals surface area contributed by atoms with Gasteiger partial charge in [-0.15, -0.1) is 0 Å². The van der Waals surface area contributed by atoms with E-state index < -0.39 is 17.9 Å². The summed E-state index contributed by atoms with van der Waals surface area (Å²) in [4.78, 5) is 24.7. The van der Waals surface area contributed by atoms with Gasteiger partial charge in [-0.25, -0.2) is 4.79 Å². The Bertz CT molecular complexity index is 514. The smallest absolute Gasteiger partial charge is 0.326 e. The summed E-state index contributed by atoms with van der Waals surface area (Å²) < 4.78 is 0. The van der Waals surface area contributed by atoms with E-state index in [4.69, 9.17) is 5.11 Å². The lowest BCUT2D eigenvalue weighted by Crippen LogP contribution is -2.47. The van der Waals surface area contributed by atoms with Gasteiger partial charge in [-0.1, -0.05) is 0 Å². The van der Waals surface area contributed by atoms with E-state index in [0.717, 1.165) is 18.9 Å². The van der Waals surface area contributed by atoms with Crippen LogP contribution in [0.1, 0.15) is 29.6 Å². The average Bonchev–Trinajstić information content (AvgIpc) is 2.38. The number of hydrogen-bond donors (Lipinski definition) is 3. The minimum absolute atomic E-state index is 0.00551. The van der Waals surface area contributed by atoms with Crippen molar-refractivity contribution in [1.29, 1.82) is 0 Å². The number of nitrogens with zero attached hydrogens (tertiary/aromatic N) is 1. The summed E-state index contributed by atoms with van der Waals surface area (Å²) in [6, 6.07) is 2.79. The Balaban J connectivity index is 2.28. The summed E-state index contributed by atoms with van der Waals surface area (Å²) in [5.74, 6) is -2.06. The fraction of sp³-hybridized carbons (Fsp3) is 0.385. The summed E-state index contributed by atoms with van der Waals surface area (Å²) in [7, 11) is 0. The molecule has 1 aromatic rings. The van der Waals surface area contributed by atoms with Crippen molar-refractivity contribution in [2.45, 2.75) is 25.3 Å². The maximum atomic E-state index is 12.3. The van der Waals surface area contributed by atoms with Gasteiger partial charge in [0.1, 0.15) is 17.5 Å². The van der Waals surface area contributed by atoms with Crippen LogP contribution in [0.5, 0.6) is 11.5 Å². The van der Waals surface area contributed by atoms with Gasteiger partial charge < -0.3 is 20.2 Å². The number of aliphatic carboxylic acids is 1. The molecule has 0 spiro atoms. The highest BCUT2D eigenvalue weighted by Gasteiger charge is 2.33. The molecule has 0 aliphatic carbocycles. The Morgan fingerprint density at radius 2 is 1.95 bits per heavy atom. The molecule has 1 aliphatic rings. The van der Waals surface area contributed by atoms with Gasteiger partial charge in [-0.2, -0.15) is 0 Å². The molecule has 1 unspecified atom stereocenters. The third kappa shape index (κ3) is 2.62. The van der Waals surface area contributed by atoms with E-state index in [2.05, 4.69) is 0 Å². The number of hydrogen-bond acceptors (Lipinski definition) is 4. The Morgan fingerprint density at radius 3 is 2.58 bits per heavy atom. The van der Waals surface area contributed by atoms with Crippen LogP contribution in [-0.2, 0) is 4.79 Å². The molecule has 1 fully saturated rings. The minimum atomic E-state index is -1.04. The van der Waals surface area contributed by atoms with E-state index >= 15 is 0 Å². The summed E-state index contributed by atoms with van der Waals surface area (Å²) in [5.41, 5.74) is 0.00551. The zero-order chi connectivity index (χ0) is 14.0. The van der Waals surface area contributed by atoms with E-state index in [-0.39, 0.29) is 17.1 Å². The van der Waals surface area contributed by atoms with E-state index in [1.54, 1.807) is 0 Å². The molecule has 1 saturated heterocycles. The SMILES string of the molecule is O=C(O)C1CCCCN1C(=O)c1ccc(O)cc1O. The number of likely N-dealkylation sites (tertiary alicyclic amines) is 1. The molecule has 6 nitrogen and oxygen atoms in total. The summed E-state index contributed by atoms with van der Waals surface area (Å²) in [6.45, 7) is 0.357. The van der Waals surface area contributed by atoms with Crippen LogP contribution in [-0.4, -0.2) is 44.7 Å². The molecule has 102 valence electrons. The number of piperidine rings is 1. The molecular weight excluding hydrogens is 250 g/mol. The minimum Gasteiger partial charge on any atom is -0.508 e. The summed E-state index contributed by atoms with van der Waals surface area (Å²) >= 11 is 0. The number of phenolic OH excluding ortho intramolecular Hbond substituents is 2. The van der Waals surface area contributed by atoms with Crippen molar-refractivity contribution in [3.05, 3.63) is 23.8 Å². The van der Waals surface area contributed by atoms with Crippen LogP contribution in [0.4, 0.5) is 0 Å². The first-order valence-electron chi connectivity index (χ1n) is 6.06. The van der Waals surface area contributed by atoms with Gasteiger partial charge in [0, 0.05) is 12.6 Å². The first kappa shape index (κ1) is 13.2. The van der Waals surface area contributed by atoms with Crippen molar-refractivity contribution in [2.75, 3.05) is 6.54 Å². The molecule has 6 heteroatoms. The van der Waals surface area contributed by atoms with Gasteiger partial charge in [-0.3, -0.25) is 4.79 Å². The van der Waals surface area contributed by atoms with Gasteiger partial charge >= 0.3 is 5.97 Å². The Kier molecular flexibility index (Phi) is 3.59. The Labute approximate surface area is 109 Å². The van der Waals surface area contributed by atoms with Crippen LogP contribution in [0.25, 0.3) is 0 Å². The lowest BCUT2D eigenvalue weighted by Gasteiger charge is -2.33. The predicted molar refractivity (Wildman–Crippen MR) is 66.1 cm³/mol. The Morgan fingerprint density at radius 1 is 1.21 bits per heavy atom. The molecular formula is C13H15NO5. The van der Waals surface area contributed by atoms with E-state index in [1.807, 2.05) is 0 Å². The monoisotopic (exact) mass is 265 g/mol. The number of phenols is 2. The number of rotatable bonds is 2. The molecule has 0 saturated carbocycles. The van der Waals surface area contributed by atoms with Crippen LogP contribution in [0.15, 0.2) is 18.2 Å². The van der Waals surface area contributed by atoms with E-state index in [0.29, 0.717) is 13.0 Å². The molecule has 1 aromatic carbocycles. The van der Waals surface area contributed by atoms with Gasteiger partial charge in [0.05, 0.1) is 5.56 Å². The van der Waals surface area contributed by atoms with Crippen LogP contribution in [0, 0.1) is 0 Å². The van der Waals surface area contributed by atoms with E-state index in [9.17, 15) is 19.8 Å². The number of carboxylic acids is 1. The molecule has 1 atom stereocenters. The van der Waals surface area contributed by atoms with Crippen molar-refractivity contribution in [3.63, 3.8) is 0 Å². The number of carbonyl (C=O) groups excluding carboxylic acids is 1. The first-order valence-corrected chi connectivity index (χ1v) is 6.06. The van der Waals surface area contributed by atoms with Gasteiger partial charge in [0.2, 0.25) is 0 Å². The van der Waals surface area contributed by atoms with Crippen molar-refractivity contribution < 1.29 is 24.9 Å². The van der Waals surface area contributed by atoms with Gasteiger partial charge in [0.15, 0.2) is 0 Å². The molecule has 19 heavy (non-hydrogen) atoms. The highest BCUT2D eigenvalue weighted by Crippen LogP contribution is 2.26. The van der Waals surface area contributed by atoms with Gasteiger partial charge in [-0.05, 0) is 31.4 Å². The van der Waals surface area contributed by atoms with Crippen molar-refractivity contribution in [3.8, 4) is 11.5 Å². The normalized spacial score (nSPS) is 19.2. The zero-order valence-electron chi connectivity index (χ0n) is 10.2. The standard InChI is InChI=1S/C13H15NO5/c15-8-4-5-9(11(16)7-8)12(17)14-6-2-1-3-10(14)13(18)19/h4-5,7,10,15-16H,1-3,6H2,(H,18,19). The fourth-order valence-electron chi connectivity index (χ4n) is 2.29. The number of carbonyl (C=O) groups is 2. The number of carboxylic acid groups (broad SMARTS) is 1. The highest BCUT2D eigenvalue weighted by atomic mass is 16.4. The maximum absolute atomic E-state index is 12.3. The second-order valence-corrected chi connectivity index (χ2v) is 4.55. The molecule has 1 amide bonds. The summed E-state index contributed by atoms with van der Waals surface area (Å²) in [5, 5.41) is 28.0. The second kappa shape index (κ2) is 5.17. The largest absolute Gasteiger partial charge is 0.508 e. The lowest BCUT2D eigenvalue weighted by molar-refractivity contribution is -0.143. The predicted octanol–water partition coefficient (Wildman–Crippen LogP) is 1.18. The van der Waals surface area contributed by atoms with Crippen LogP contribution < -0.4 is 0 Å². The molecule has 0 radical (unpaired) electrons. The number of benzene rings is 1. The van der Waals surface area contributed by atoms with Gasteiger partial charge in [0.25, 0.3) is 5.91 Å². The third-order valence-electron chi connectivity index (χ3n) is 3.26. The molecule has 3 N–H and O–H groups in total. The van der Waals surface area contributed by atoms with Crippen LogP contribution >= 0.6 is 0 Å². The topological polar surface area (TPSA) is 98.1 Å². The fourth-order valence-corrected chi connectivity index (χ4v) is 2.29. The summed E-state index contributed by atoms with van der Waals surface area (Å²) in [6.07, 6.45) is 1.93. The molecule has 1 aliphatic heterocycles. The first-order chi connectivity index (χ1) is 9.00. The average molecular weight is 265 g/mol. The van der Waals surface area contributed by atoms with Crippen molar-refractivity contribution >= 4 is 11.9 Å². The quantitative estimate of drug-likeness (QED) is 0.745. The van der Waals surface area contributed by atoms with Crippen molar-refractivity contribution in [2.24, 2.45) is 0 Å². The maximum Gasteiger partial charge on any atom is 0.326 e. The highest BCUT2D eigenvalue weighted by molar-refractivity contribution is 5.99. The lowest BCUT2D eigenvalue weighted by atomic mass is 10.0.